The minimum Gasteiger partial charge on any atom is -0.393 e. The Morgan fingerprint density at radius 3 is 2.29 bits per heavy atom. The number of hydrogen-bond donors (Lipinski definition) is 4. The van der Waals surface area contributed by atoms with Crippen molar-refractivity contribution in [3.05, 3.63) is 97.0 Å². The lowest BCUT2D eigenvalue weighted by molar-refractivity contribution is 0.101. The Hall–Kier alpha value is -4.49. The number of rotatable bonds is 6. The number of nitrogens with zero attached hydrogens (tertiary/aromatic N) is 2. The number of anilines is 4. The van der Waals surface area contributed by atoms with Gasteiger partial charge in [-0.15, -0.1) is 0 Å². The van der Waals surface area contributed by atoms with Crippen molar-refractivity contribution in [3.63, 3.8) is 0 Å². The zero-order valence-corrected chi connectivity index (χ0v) is 21.3. The number of benzene rings is 3. The van der Waals surface area contributed by atoms with Gasteiger partial charge in [-0.05, 0) is 79.1 Å². The van der Waals surface area contributed by atoms with E-state index in [-0.39, 0.29) is 12.0 Å². The van der Waals surface area contributed by atoms with Gasteiger partial charge >= 0.3 is 0 Å². The number of carbonyl (C=O) groups is 1. The van der Waals surface area contributed by atoms with Crippen LogP contribution in [0.4, 0.5) is 22.7 Å². The Kier molecular flexibility index (Phi) is 6.35. The monoisotopic (exact) mass is 505 g/mol. The summed E-state index contributed by atoms with van der Waals surface area (Å²) in [7, 11) is 1.86. The van der Waals surface area contributed by atoms with E-state index in [1.54, 1.807) is 10.6 Å². The fraction of sp³-hybridized carbons (Fsp3) is 0.194. The number of aryl methyl sites for hydroxylation is 1. The van der Waals surface area contributed by atoms with Gasteiger partial charge in [0, 0.05) is 71.7 Å². The summed E-state index contributed by atoms with van der Waals surface area (Å²) < 4.78 is 1.80. The number of fused-ring (bicyclic) bond motifs is 1. The summed E-state index contributed by atoms with van der Waals surface area (Å²) in [5, 5.41) is 17.3. The number of aliphatic hydroxyl groups is 1. The van der Waals surface area contributed by atoms with Crippen molar-refractivity contribution in [2.24, 2.45) is 7.05 Å². The number of aromatic nitrogens is 2. The molecule has 0 bridgehead atoms. The van der Waals surface area contributed by atoms with E-state index in [0.29, 0.717) is 5.69 Å². The smallest absolute Gasteiger partial charge is 0.272 e. The van der Waals surface area contributed by atoms with Crippen LogP contribution in [0.15, 0.2) is 91.3 Å². The summed E-state index contributed by atoms with van der Waals surface area (Å²) in [6, 6.07) is 26.5. The van der Waals surface area contributed by atoms with Gasteiger partial charge in [-0.3, -0.25) is 4.79 Å². The Morgan fingerprint density at radius 1 is 0.921 bits per heavy atom. The highest BCUT2D eigenvalue weighted by molar-refractivity contribution is 6.05. The topological polar surface area (TPSA) is 85.3 Å². The highest BCUT2D eigenvalue weighted by Crippen LogP contribution is 2.32. The van der Waals surface area contributed by atoms with E-state index < -0.39 is 0 Å². The molecular formula is C31H31N5O2. The fourth-order valence-corrected chi connectivity index (χ4v) is 5.11. The summed E-state index contributed by atoms with van der Waals surface area (Å²) in [4.78, 5) is 18.2. The Balaban J connectivity index is 1.13. The van der Waals surface area contributed by atoms with Crippen LogP contribution < -0.4 is 15.5 Å². The number of aromatic amines is 1. The average Bonchev–Trinajstić information content (AvgIpc) is 3.56. The van der Waals surface area contributed by atoms with E-state index in [2.05, 4.69) is 69.0 Å². The van der Waals surface area contributed by atoms with Gasteiger partial charge in [0.1, 0.15) is 5.69 Å². The molecule has 1 aliphatic heterocycles. The SMILES string of the molecule is Cn1cccc1C(=O)Nc1ccc2c(-c3ccc(Nc4ccc(N5CCC(O)CC5)cc4)cc3)c[nH]c2c1. The number of aliphatic hydroxyl groups excluding tert-OH is 1. The molecule has 1 amide bonds. The predicted octanol–water partition coefficient (Wildman–Crippen LogP) is 6.13. The van der Waals surface area contributed by atoms with Crippen LogP contribution in [0.25, 0.3) is 22.0 Å². The fourth-order valence-electron chi connectivity index (χ4n) is 5.11. The molecule has 0 aliphatic carbocycles. The predicted molar refractivity (Wildman–Crippen MR) is 154 cm³/mol. The van der Waals surface area contributed by atoms with Crippen LogP contribution in [-0.4, -0.2) is 39.8 Å². The molecule has 5 aromatic rings. The van der Waals surface area contributed by atoms with E-state index in [1.807, 2.05) is 43.7 Å². The summed E-state index contributed by atoms with van der Waals surface area (Å²) in [6.45, 7) is 1.79. The van der Waals surface area contributed by atoms with Crippen LogP contribution in [0.2, 0.25) is 0 Å². The molecule has 1 aliphatic rings. The third-order valence-electron chi connectivity index (χ3n) is 7.30. The normalized spacial score (nSPS) is 14.1. The van der Waals surface area contributed by atoms with Gasteiger partial charge in [-0.1, -0.05) is 18.2 Å². The Labute approximate surface area is 221 Å². The highest BCUT2D eigenvalue weighted by Gasteiger charge is 2.17. The van der Waals surface area contributed by atoms with E-state index >= 15 is 0 Å². The van der Waals surface area contributed by atoms with E-state index in [4.69, 9.17) is 0 Å². The molecule has 0 spiro atoms. The molecule has 6 rings (SSSR count). The number of H-pyrrole nitrogens is 1. The zero-order valence-electron chi connectivity index (χ0n) is 21.3. The van der Waals surface area contributed by atoms with Crippen molar-refractivity contribution < 1.29 is 9.90 Å². The van der Waals surface area contributed by atoms with Crippen LogP contribution in [0.3, 0.4) is 0 Å². The maximum absolute atomic E-state index is 12.6. The number of amides is 1. The zero-order chi connectivity index (χ0) is 26.1. The molecule has 0 saturated carbocycles. The van der Waals surface area contributed by atoms with Gasteiger partial charge in [-0.25, -0.2) is 0 Å². The lowest BCUT2D eigenvalue weighted by atomic mass is 10.0. The van der Waals surface area contributed by atoms with Crippen molar-refractivity contribution >= 4 is 39.6 Å². The van der Waals surface area contributed by atoms with Crippen molar-refractivity contribution in [1.29, 1.82) is 0 Å². The third kappa shape index (κ3) is 4.88. The third-order valence-corrected chi connectivity index (χ3v) is 7.30. The first-order valence-electron chi connectivity index (χ1n) is 13.0. The number of carbonyl (C=O) groups excluding carboxylic acids is 1. The summed E-state index contributed by atoms with van der Waals surface area (Å²) >= 11 is 0. The molecule has 38 heavy (non-hydrogen) atoms. The highest BCUT2D eigenvalue weighted by atomic mass is 16.3. The lowest BCUT2D eigenvalue weighted by Crippen LogP contribution is -2.35. The molecule has 0 radical (unpaired) electrons. The van der Waals surface area contributed by atoms with Gasteiger partial charge in [-0.2, -0.15) is 0 Å². The first-order valence-corrected chi connectivity index (χ1v) is 13.0. The molecule has 1 saturated heterocycles. The number of nitrogens with one attached hydrogen (secondary N) is 3. The second kappa shape index (κ2) is 10.1. The average molecular weight is 506 g/mol. The molecular weight excluding hydrogens is 474 g/mol. The number of hydrogen-bond acceptors (Lipinski definition) is 4. The largest absolute Gasteiger partial charge is 0.393 e. The molecule has 3 heterocycles. The maximum Gasteiger partial charge on any atom is 0.272 e. The van der Waals surface area contributed by atoms with Crippen LogP contribution in [-0.2, 0) is 7.05 Å². The van der Waals surface area contributed by atoms with Gasteiger partial charge in [0.2, 0.25) is 0 Å². The van der Waals surface area contributed by atoms with E-state index in [9.17, 15) is 9.90 Å². The van der Waals surface area contributed by atoms with E-state index in [0.717, 1.165) is 65.0 Å². The van der Waals surface area contributed by atoms with Crippen LogP contribution >= 0.6 is 0 Å². The molecule has 0 atom stereocenters. The number of piperidine rings is 1. The Bertz CT molecular complexity index is 1560. The molecule has 0 unspecified atom stereocenters. The standard InChI is InChI=1S/C31H31N5O2/c1-35-16-2-3-30(35)31(38)34-24-10-13-27-28(20-32-29(27)19-24)21-4-6-22(7-5-21)33-23-8-11-25(12-9-23)36-17-14-26(37)15-18-36/h2-13,16,19-20,26,32-33,37H,14-15,17-18H2,1H3,(H,34,38). The minimum atomic E-state index is -0.163. The molecule has 7 nitrogen and oxygen atoms in total. The van der Waals surface area contributed by atoms with Crippen molar-refractivity contribution in [1.82, 2.24) is 9.55 Å². The van der Waals surface area contributed by atoms with Gasteiger partial charge in [0.15, 0.2) is 0 Å². The first-order chi connectivity index (χ1) is 18.5. The second-order valence-corrected chi connectivity index (χ2v) is 9.89. The minimum absolute atomic E-state index is 0.132. The quantitative estimate of drug-likeness (QED) is 0.224. The van der Waals surface area contributed by atoms with Gasteiger partial charge < -0.3 is 30.2 Å². The summed E-state index contributed by atoms with van der Waals surface area (Å²) in [5.41, 5.74) is 7.82. The molecule has 7 heteroatoms. The van der Waals surface area contributed by atoms with Crippen LogP contribution in [0.1, 0.15) is 23.3 Å². The van der Waals surface area contributed by atoms with Crippen LogP contribution in [0, 0.1) is 0 Å². The molecule has 4 N–H and O–H groups in total. The van der Waals surface area contributed by atoms with Crippen molar-refractivity contribution in [2.45, 2.75) is 18.9 Å². The second-order valence-electron chi connectivity index (χ2n) is 9.89. The maximum atomic E-state index is 12.6. The molecule has 192 valence electrons. The Morgan fingerprint density at radius 2 is 1.61 bits per heavy atom. The van der Waals surface area contributed by atoms with Gasteiger partial charge in [0.25, 0.3) is 5.91 Å². The summed E-state index contributed by atoms with van der Waals surface area (Å²) in [5.74, 6) is -0.132. The molecule has 2 aromatic heterocycles. The molecule has 1 fully saturated rings. The van der Waals surface area contributed by atoms with Crippen molar-refractivity contribution in [2.75, 3.05) is 28.6 Å². The van der Waals surface area contributed by atoms with Crippen molar-refractivity contribution in [3.8, 4) is 11.1 Å². The summed E-state index contributed by atoms with van der Waals surface area (Å²) in [6.07, 6.45) is 5.36. The molecule has 3 aromatic carbocycles. The van der Waals surface area contributed by atoms with Gasteiger partial charge in [0.05, 0.1) is 6.10 Å². The van der Waals surface area contributed by atoms with E-state index in [1.165, 1.54) is 5.69 Å². The van der Waals surface area contributed by atoms with Crippen LogP contribution in [0.5, 0.6) is 0 Å². The lowest BCUT2D eigenvalue weighted by Gasteiger charge is -2.31. The first kappa shape index (κ1) is 23.9.